The van der Waals surface area contributed by atoms with Crippen LogP contribution in [0.1, 0.15) is 20.8 Å². The fraction of sp³-hybridized carbons (Fsp3) is 0.625. The summed E-state index contributed by atoms with van der Waals surface area (Å²) in [5.41, 5.74) is 0.944. The molecule has 0 bridgehead atoms. The van der Waals surface area contributed by atoms with Crippen LogP contribution < -0.4 is 10.1 Å². The first-order chi connectivity index (χ1) is 10.1. The minimum Gasteiger partial charge on any atom is -0.491 e. The van der Waals surface area contributed by atoms with Crippen LogP contribution in [-0.2, 0) is 9.47 Å². The van der Waals surface area contributed by atoms with E-state index in [1.165, 1.54) is 0 Å². The summed E-state index contributed by atoms with van der Waals surface area (Å²) < 4.78 is 16.0. The molecule has 0 saturated carbocycles. The molecule has 0 aliphatic rings. The topological polar surface area (TPSA) is 60.0 Å². The maximum absolute atomic E-state index is 9.79. The molecule has 21 heavy (non-hydrogen) atoms. The highest BCUT2D eigenvalue weighted by molar-refractivity contribution is 5.46. The highest BCUT2D eigenvalue weighted by Gasteiger charge is 2.04. The highest BCUT2D eigenvalue weighted by Crippen LogP contribution is 2.16. The third kappa shape index (κ3) is 8.55. The minimum absolute atomic E-state index is 0.166. The molecule has 1 aromatic rings. The second-order valence-corrected chi connectivity index (χ2v) is 5.00. The lowest BCUT2D eigenvalue weighted by atomic mass is 10.3. The Bertz CT molecular complexity index is 367. The predicted octanol–water partition coefficient (Wildman–Crippen LogP) is 2.30. The van der Waals surface area contributed by atoms with Crippen LogP contribution in [0.4, 0.5) is 5.69 Å². The molecule has 0 radical (unpaired) electrons. The van der Waals surface area contributed by atoms with Crippen LogP contribution in [0.3, 0.4) is 0 Å². The monoisotopic (exact) mass is 297 g/mol. The lowest BCUT2D eigenvalue weighted by Gasteiger charge is -2.14. The van der Waals surface area contributed by atoms with Gasteiger partial charge in [0.1, 0.15) is 5.75 Å². The maximum atomic E-state index is 9.79. The largest absolute Gasteiger partial charge is 0.491 e. The molecule has 5 nitrogen and oxygen atoms in total. The zero-order chi connectivity index (χ0) is 15.5. The molecule has 0 saturated heterocycles. The first kappa shape index (κ1) is 17.8. The molecular formula is C16H27NO4. The first-order valence-electron chi connectivity index (χ1n) is 7.46. The zero-order valence-electron chi connectivity index (χ0n) is 13.2. The van der Waals surface area contributed by atoms with E-state index in [9.17, 15) is 5.11 Å². The van der Waals surface area contributed by atoms with Crippen LogP contribution in [0.15, 0.2) is 24.3 Å². The maximum Gasteiger partial charge on any atom is 0.119 e. The highest BCUT2D eigenvalue weighted by atomic mass is 16.5. The van der Waals surface area contributed by atoms with Crippen LogP contribution in [-0.4, -0.2) is 50.3 Å². The molecule has 2 N–H and O–H groups in total. The van der Waals surface area contributed by atoms with Gasteiger partial charge in [0.05, 0.1) is 32.0 Å². The normalized spacial score (nSPS) is 12.4. The quantitative estimate of drug-likeness (QED) is 0.614. The summed E-state index contributed by atoms with van der Waals surface area (Å²) in [6.45, 7) is 8.43. The molecule has 1 aromatic carbocycles. The summed E-state index contributed by atoms with van der Waals surface area (Å²) in [6.07, 6.45) is -0.377. The van der Waals surface area contributed by atoms with Crippen molar-refractivity contribution in [3.05, 3.63) is 24.3 Å². The number of hydrogen-bond acceptors (Lipinski definition) is 5. The fourth-order valence-corrected chi connectivity index (χ4v) is 1.70. The van der Waals surface area contributed by atoms with Crippen molar-refractivity contribution in [2.45, 2.75) is 33.0 Å². The third-order valence-corrected chi connectivity index (χ3v) is 2.65. The van der Waals surface area contributed by atoms with Crippen molar-refractivity contribution in [3.63, 3.8) is 0 Å². The number of benzene rings is 1. The Kier molecular flexibility index (Phi) is 8.82. The summed E-state index contributed by atoms with van der Waals surface area (Å²) in [4.78, 5) is 0. The van der Waals surface area contributed by atoms with E-state index in [-0.39, 0.29) is 6.10 Å². The summed E-state index contributed by atoms with van der Waals surface area (Å²) in [5, 5.41) is 12.9. The van der Waals surface area contributed by atoms with E-state index < -0.39 is 6.10 Å². The van der Waals surface area contributed by atoms with Crippen molar-refractivity contribution in [2.75, 3.05) is 38.3 Å². The van der Waals surface area contributed by atoms with Crippen molar-refractivity contribution in [3.8, 4) is 5.75 Å². The van der Waals surface area contributed by atoms with Gasteiger partial charge in [0.2, 0.25) is 0 Å². The Morgan fingerprint density at radius 2 is 1.76 bits per heavy atom. The average molecular weight is 297 g/mol. The molecule has 120 valence electrons. The van der Waals surface area contributed by atoms with E-state index in [4.69, 9.17) is 14.2 Å². The van der Waals surface area contributed by atoms with Gasteiger partial charge in [0, 0.05) is 18.8 Å². The third-order valence-electron chi connectivity index (χ3n) is 2.65. The van der Waals surface area contributed by atoms with Gasteiger partial charge in [-0.25, -0.2) is 0 Å². The zero-order valence-corrected chi connectivity index (χ0v) is 13.2. The predicted molar refractivity (Wildman–Crippen MR) is 84.0 cm³/mol. The number of anilines is 1. The molecule has 1 atom stereocenters. The van der Waals surface area contributed by atoms with Crippen molar-refractivity contribution in [1.82, 2.24) is 0 Å². The number of hydrogen-bond donors (Lipinski definition) is 2. The Morgan fingerprint density at radius 3 is 2.38 bits per heavy atom. The van der Waals surface area contributed by atoms with E-state index in [0.717, 1.165) is 11.4 Å². The number of nitrogens with one attached hydrogen (secondary N) is 1. The van der Waals surface area contributed by atoms with Gasteiger partial charge in [-0.1, -0.05) is 0 Å². The van der Waals surface area contributed by atoms with E-state index in [0.29, 0.717) is 33.0 Å². The second kappa shape index (κ2) is 10.4. The van der Waals surface area contributed by atoms with Gasteiger partial charge < -0.3 is 24.6 Å². The summed E-state index contributed by atoms with van der Waals surface area (Å²) in [5.74, 6) is 0.843. The van der Waals surface area contributed by atoms with Gasteiger partial charge >= 0.3 is 0 Å². The number of rotatable bonds is 11. The number of ether oxygens (including phenoxy) is 3. The molecule has 0 spiro atoms. The van der Waals surface area contributed by atoms with E-state index in [1.54, 1.807) is 0 Å². The minimum atomic E-state index is -0.543. The average Bonchev–Trinajstić information content (AvgIpc) is 2.46. The van der Waals surface area contributed by atoms with Crippen molar-refractivity contribution >= 4 is 5.69 Å². The molecule has 0 aliphatic heterocycles. The molecule has 0 fully saturated rings. The SMILES string of the molecule is CCOCCOCC(O)CNc1ccc(OC(C)C)cc1. The standard InChI is InChI=1S/C16H27NO4/c1-4-19-9-10-20-12-15(18)11-17-14-5-7-16(8-6-14)21-13(2)3/h5-8,13,15,17-18H,4,9-12H2,1-3H3. The summed E-state index contributed by atoms with van der Waals surface area (Å²) in [7, 11) is 0. The van der Waals surface area contributed by atoms with Crippen LogP contribution in [0.5, 0.6) is 5.75 Å². The molecule has 0 aromatic heterocycles. The van der Waals surface area contributed by atoms with E-state index >= 15 is 0 Å². The van der Waals surface area contributed by atoms with Crippen molar-refractivity contribution in [2.24, 2.45) is 0 Å². The van der Waals surface area contributed by atoms with Gasteiger partial charge in [-0.15, -0.1) is 0 Å². The molecule has 1 rings (SSSR count). The van der Waals surface area contributed by atoms with E-state index in [2.05, 4.69) is 5.32 Å². The van der Waals surface area contributed by atoms with Crippen LogP contribution >= 0.6 is 0 Å². The van der Waals surface area contributed by atoms with Gasteiger partial charge in [0.25, 0.3) is 0 Å². The number of aliphatic hydroxyl groups excluding tert-OH is 1. The molecule has 1 unspecified atom stereocenters. The Labute approximate surface area is 127 Å². The molecule has 5 heteroatoms. The van der Waals surface area contributed by atoms with Gasteiger partial charge in [-0.3, -0.25) is 0 Å². The molecule has 0 heterocycles. The van der Waals surface area contributed by atoms with Crippen molar-refractivity contribution in [1.29, 1.82) is 0 Å². The smallest absolute Gasteiger partial charge is 0.119 e. The van der Waals surface area contributed by atoms with Crippen LogP contribution in [0.25, 0.3) is 0 Å². The van der Waals surface area contributed by atoms with Gasteiger partial charge in [-0.05, 0) is 45.0 Å². The molecule has 0 amide bonds. The Morgan fingerprint density at radius 1 is 1.10 bits per heavy atom. The second-order valence-electron chi connectivity index (χ2n) is 5.00. The van der Waals surface area contributed by atoms with Gasteiger partial charge in [-0.2, -0.15) is 0 Å². The molecular weight excluding hydrogens is 270 g/mol. The lowest BCUT2D eigenvalue weighted by Crippen LogP contribution is -2.25. The van der Waals surface area contributed by atoms with Crippen molar-refractivity contribution < 1.29 is 19.3 Å². The summed E-state index contributed by atoms with van der Waals surface area (Å²) in [6, 6.07) is 7.68. The summed E-state index contributed by atoms with van der Waals surface area (Å²) >= 11 is 0. The fourth-order valence-electron chi connectivity index (χ4n) is 1.70. The lowest BCUT2D eigenvalue weighted by molar-refractivity contribution is 0.0103. The molecule has 0 aliphatic carbocycles. The van der Waals surface area contributed by atoms with E-state index in [1.807, 2.05) is 45.0 Å². The van der Waals surface area contributed by atoms with Gasteiger partial charge in [0.15, 0.2) is 0 Å². The Hall–Kier alpha value is -1.30. The number of aliphatic hydroxyl groups is 1. The first-order valence-corrected chi connectivity index (χ1v) is 7.46. The van der Waals surface area contributed by atoms with Crippen LogP contribution in [0, 0.1) is 0 Å². The van der Waals surface area contributed by atoms with Crippen LogP contribution in [0.2, 0.25) is 0 Å². The Balaban J connectivity index is 2.18.